The van der Waals surface area contributed by atoms with E-state index in [2.05, 4.69) is 63.9 Å². The molecule has 0 unspecified atom stereocenters. The second kappa shape index (κ2) is 7.77. The molecule has 0 radical (unpaired) electrons. The molecule has 1 aliphatic rings. The molecular weight excluding hydrogens is 312 g/mol. The van der Waals surface area contributed by atoms with E-state index in [1.54, 1.807) is 0 Å². The maximum Gasteiger partial charge on any atom is 0.146 e. The van der Waals surface area contributed by atoms with Crippen molar-refractivity contribution in [3.05, 3.63) is 47.0 Å². The number of nitrogens with zero attached hydrogens (tertiary/aromatic N) is 6. The monoisotopic (exact) mass is 338 g/mol. The van der Waals surface area contributed by atoms with Gasteiger partial charge in [-0.15, -0.1) is 10.2 Å². The highest BCUT2D eigenvalue weighted by molar-refractivity contribution is 5.31. The first kappa shape index (κ1) is 17.6. The third-order valence-electron chi connectivity index (χ3n) is 4.90. The predicted molar refractivity (Wildman–Crippen MR) is 96.8 cm³/mol. The van der Waals surface area contributed by atoms with Crippen LogP contribution in [0.1, 0.15) is 41.5 Å². The fraction of sp³-hybridized carbons (Fsp3) is 0.526. The summed E-state index contributed by atoms with van der Waals surface area (Å²) in [4.78, 5) is 4.60. The summed E-state index contributed by atoms with van der Waals surface area (Å²) in [6.45, 7) is 3.91. The first-order chi connectivity index (χ1) is 12.1. The molecule has 0 amide bonds. The maximum atomic E-state index is 8.88. The molecule has 1 aromatic carbocycles. The molecule has 0 bridgehead atoms. The van der Waals surface area contributed by atoms with Gasteiger partial charge in [-0.05, 0) is 57.7 Å². The number of likely N-dealkylation sites (tertiary alicyclic amines) is 1. The maximum absolute atomic E-state index is 8.88. The van der Waals surface area contributed by atoms with Gasteiger partial charge >= 0.3 is 0 Å². The zero-order valence-electron chi connectivity index (χ0n) is 15.3. The van der Waals surface area contributed by atoms with E-state index < -0.39 is 0 Å². The third-order valence-corrected chi connectivity index (χ3v) is 4.90. The number of hydrogen-bond acceptors (Lipinski definition) is 5. The molecule has 0 spiro atoms. The SMILES string of the molecule is CN(C)Cc1nnc(C2CCN(Cc3ccc(C#N)cc3)CC2)n1C. The van der Waals surface area contributed by atoms with E-state index in [9.17, 15) is 0 Å². The van der Waals surface area contributed by atoms with Crippen molar-refractivity contribution in [2.24, 2.45) is 7.05 Å². The van der Waals surface area contributed by atoms with Crippen LogP contribution in [-0.2, 0) is 20.1 Å². The van der Waals surface area contributed by atoms with Crippen molar-refractivity contribution in [3.63, 3.8) is 0 Å². The van der Waals surface area contributed by atoms with Crippen LogP contribution in [0.15, 0.2) is 24.3 Å². The number of hydrogen-bond donors (Lipinski definition) is 0. The van der Waals surface area contributed by atoms with Gasteiger partial charge in [-0.3, -0.25) is 4.90 Å². The summed E-state index contributed by atoms with van der Waals surface area (Å²) in [5.74, 6) is 2.64. The van der Waals surface area contributed by atoms with Gasteiger partial charge in [0.1, 0.15) is 11.6 Å². The van der Waals surface area contributed by atoms with Crippen LogP contribution in [0.4, 0.5) is 0 Å². The van der Waals surface area contributed by atoms with Crippen molar-refractivity contribution in [3.8, 4) is 6.07 Å². The molecule has 3 rings (SSSR count). The second-order valence-electron chi connectivity index (χ2n) is 7.13. The summed E-state index contributed by atoms with van der Waals surface area (Å²) >= 11 is 0. The second-order valence-corrected chi connectivity index (χ2v) is 7.13. The van der Waals surface area contributed by atoms with Crippen LogP contribution in [0.5, 0.6) is 0 Å². The molecule has 1 fully saturated rings. The average molecular weight is 338 g/mol. The number of rotatable bonds is 5. The highest BCUT2D eigenvalue weighted by Gasteiger charge is 2.25. The Morgan fingerprint density at radius 3 is 2.44 bits per heavy atom. The number of aromatic nitrogens is 3. The van der Waals surface area contributed by atoms with Crippen LogP contribution in [0.3, 0.4) is 0 Å². The highest BCUT2D eigenvalue weighted by atomic mass is 15.3. The van der Waals surface area contributed by atoms with E-state index in [1.807, 2.05) is 12.1 Å². The lowest BCUT2D eigenvalue weighted by Crippen LogP contribution is -2.33. The van der Waals surface area contributed by atoms with Crippen LogP contribution in [0.25, 0.3) is 0 Å². The van der Waals surface area contributed by atoms with Crippen molar-refractivity contribution in [1.82, 2.24) is 24.6 Å². The molecule has 1 aromatic heterocycles. The minimum atomic E-state index is 0.491. The standard InChI is InChI=1S/C19H26N6/c1-23(2)14-18-21-22-19(24(18)3)17-8-10-25(11-9-17)13-16-6-4-15(12-20)5-7-16/h4-7,17H,8-11,13-14H2,1-3H3. The molecule has 0 aliphatic carbocycles. The zero-order chi connectivity index (χ0) is 17.8. The summed E-state index contributed by atoms with van der Waals surface area (Å²) in [5, 5.41) is 17.7. The minimum Gasteiger partial charge on any atom is -0.317 e. The molecule has 132 valence electrons. The van der Waals surface area contributed by atoms with Crippen LogP contribution in [-0.4, -0.2) is 51.7 Å². The molecule has 6 heteroatoms. The Labute approximate surface area is 149 Å². The molecule has 0 saturated carbocycles. The minimum absolute atomic E-state index is 0.491. The van der Waals surface area contributed by atoms with Gasteiger partial charge in [0.2, 0.25) is 0 Å². The van der Waals surface area contributed by atoms with E-state index in [4.69, 9.17) is 5.26 Å². The Kier molecular flexibility index (Phi) is 5.47. The van der Waals surface area contributed by atoms with Gasteiger partial charge in [0.15, 0.2) is 0 Å². The summed E-state index contributed by atoms with van der Waals surface area (Å²) in [5.41, 5.74) is 1.99. The van der Waals surface area contributed by atoms with Crippen LogP contribution < -0.4 is 0 Å². The first-order valence-electron chi connectivity index (χ1n) is 8.81. The van der Waals surface area contributed by atoms with Crippen molar-refractivity contribution in [2.75, 3.05) is 27.2 Å². The molecule has 25 heavy (non-hydrogen) atoms. The molecule has 2 heterocycles. The molecule has 1 saturated heterocycles. The van der Waals surface area contributed by atoms with Gasteiger partial charge < -0.3 is 9.47 Å². The highest BCUT2D eigenvalue weighted by Crippen LogP contribution is 2.27. The average Bonchev–Trinajstić information content (AvgIpc) is 2.96. The van der Waals surface area contributed by atoms with Crippen molar-refractivity contribution >= 4 is 0 Å². The Bertz CT molecular complexity index is 732. The predicted octanol–water partition coefficient (Wildman–Crippen LogP) is 2.13. The van der Waals surface area contributed by atoms with Crippen LogP contribution >= 0.6 is 0 Å². The van der Waals surface area contributed by atoms with Gasteiger partial charge in [-0.1, -0.05) is 12.1 Å². The molecule has 0 N–H and O–H groups in total. The number of piperidine rings is 1. The lowest BCUT2D eigenvalue weighted by atomic mass is 9.95. The van der Waals surface area contributed by atoms with E-state index in [0.29, 0.717) is 5.92 Å². The van der Waals surface area contributed by atoms with E-state index in [-0.39, 0.29) is 0 Å². The lowest BCUT2D eigenvalue weighted by Gasteiger charge is -2.31. The fourth-order valence-corrected chi connectivity index (χ4v) is 3.44. The van der Waals surface area contributed by atoms with E-state index in [1.165, 1.54) is 5.56 Å². The van der Waals surface area contributed by atoms with Gasteiger partial charge in [-0.25, -0.2) is 0 Å². The molecule has 0 atom stereocenters. The Morgan fingerprint density at radius 1 is 1.16 bits per heavy atom. The van der Waals surface area contributed by atoms with Gasteiger partial charge in [0, 0.05) is 19.5 Å². The Morgan fingerprint density at radius 2 is 1.84 bits per heavy atom. The Hall–Kier alpha value is -2.23. The van der Waals surface area contributed by atoms with Crippen molar-refractivity contribution < 1.29 is 0 Å². The fourth-order valence-electron chi connectivity index (χ4n) is 3.44. The van der Waals surface area contributed by atoms with Gasteiger partial charge in [0.05, 0.1) is 18.2 Å². The summed E-state index contributed by atoms with van der Waals surface area (Å²) in [7, 11) is 6.18. The largest absolute Gasteiger partial charge is 0.317 e. The quantitative estimate of drug-likeness (QED) is 0.836. The first-order valence-corrected chi connectivity index (χ1v) is 8.81. The van der Waals surface area contributed by atoms with E-state index in [0.717, 1.165) is 56.2 Å². The summed E-state index contributed by atoms with van der Waals surface area (Å²) < 4.78 is 2.17. The van der Waals surface area contributed by atoms with Crippen LogP contribution in [0.2, 0.25) is 0 Å². The molecule has 2 aromatic rings. The van der Waals surface area contributed by atoms with Crippen molar-refractivity contribution in [1.29, 1.82) is 5.26 Å². The van der Waals surface area contributed by atoms with Crippen LogP contribution in [0, 0.1) is 11.3 Å². The number of nitriles is 1. The lowest BCUT2D eigenvalue weighted by molar-refractivity contribution is 0.200. The Balaban J connectivity index is 1.56. The van der Waals surface area contributed by atoms with Crippen molar-refractivity contribution in [2.45, 2.75) is 31.8 Å². The zero-order valence-corrected chi connectivity index (χ0v) is 15.3. The van der Waals surface area contributed by atoms with E-state index >= 15 is 0 Å². The molecule has 6 nitrogen and oxygen atoms in total. The summed E-state index contributed by atoms with van der Waals surface area (Å²) in [6.07, 6.45) is 2.23. The topological polar surface area (TPSA) is 61.0 Å². The van der Waals surface area contributed by atoms with Gasteiger partial charge in [-0.2, -0.15) is 5.26 Å². The smallest absolute Gasteiger partial charge is 0.146 e. The third kappa shape index (κ3) is 4.25. The molecular formula is C19H26N6. The van der Waals surface area contributed by atoms with Gasteiger partial charge in [0.25, 0.3) is 0 Å². The molecule has 1 aliphatic heterocycles. The number of benzene rings is 1. The normalized spacial score (nSPS) is 16.3. The summed E-state index contributed by atoms with van der Waals surface area (Å²) in [6, 6.07) is 10.1.